The van der Waals surface area contributed by atoms with Crippen molar-refractivity contribution in [2.45, 2.75) is 39.2 Å². The first-order chi connectivity index (χ1) is 12.0. The maximum absolute atomic E-state index is 12.6. The van der Waals surface area contributed by atoms with Gasteiger partial charge in [0.25, 0.3) is 11.8 Å². The second kappa shape index (κ2) is 7.51. The van der Waals surface area contributed by atoms with E-state index in [1.165, 1.54) is 6.42 Å². The Morgan fingerprint density at radius 2 is 1.80 bits per heavy atom. The average Bonchev–Trinajstić information content (AvgIpc) is 2.62. The molecule has 0 saturated carbocycles. The smallest absolute Gasteiger partial charge is 0.255 e. The zero-order valence-corrected chi connectivity index (χ0v) is 14.8. The first-order valence-corrected chi connectivity index (χ1v) is 8.83. The number of likely N-dealkylation sites (tertiary alicyclic amines) is 1. The number of hydrogen-bond acceptors (Lipinski definition) is 2. The van der Waals surface area contributed by atoms with Crippen molar-refractivity contribution in [1.82, 2.24) is 4.90 Å². The van der Waals surface area contributed by atoms with Crippen molar-refractivity contribution < 1.29 is 9.59 Å². The van der Waals surface area contributed by atoms with Gasteiger partial charge in [-0.05, 0) is 69.5 Å². The van der Waals surface area contributed by atoms with Gasteiger partial charge in [0.15, 0.2) is 0 Å². The fraction of sp³-hybridized carbons (Fsp3) is 0.333. The maximum Gasteiger partial charge on any atom is 0.255 e. The van der Waals surface area contributed by atoms with Crippen LogP contribution in [0, 0.1) is 6.92 Å². The molecule has 0 aromatic heterocycles. The second-order valence-corrected chi connectivity index (χ2v) is 6.74. The van der Waals surface area contributed by atoms with E-state index in [1.54, 1.807) is 30.3 Å². The van der Waals surface area contributed by atoms with Crippen LogP contribution in [-0.4, -0.2) is 29.3 Å². The van der Waals surface area contributed by atoms with Gasteiger partial charge in [0.05, 0.1) is 0 Å². The lowest BCUT2D eigenvalue weighted by atomic mass is 10.0. The zero-order valence-electron chi connectivity index (χ0n) is 14.8. The fourth-order valence-electron chi connectivity index (χ4n) is 3.25. The molecule has 2 aromatic rings. The van der Waals surface area contributed by atoms with Gasteiger partial charge in [0.1, 0.15) is 0 Å². The number of aryl methyl sites for hydroxylation is 1. The Bertz CT molecular complexity index is 768. The van der Waals surface area contributed by atoms with Crippen molar-refractivity contribution >= 4 is 17.5 Å². The zero-order chi connectivity index (χ0) is 17.8. The van der Waals surface area contributed by atoms with Gasteiger partial charge in [-0.2, -0.15) is 0 Å². The van der Waals surface area contributed by atoms with Gasteiger partial charge in [-0.25, -0.2) is 0 Å². The van der Waals surface area contributed by atoms with Crippen LogP contribution < -0.4 is 5.32 Å². The molecule has 4 nitrogen and oxygen atoms in total. The number of hydrogen-bond donors (Lipinski definition) is 1. The third-order valence-corrected chi connectivity index (χ3v) is 4.73. The Hall–Kier alpha value is -2.62. The molecule has 2 amide bonds. The summed E-state index contributed by atoms with van der Waals surface area (Å²) in [5.74, 6) is -0.0730. The minimum Gasteiger partial charge on any atom is -0.336 e. The van der Waals surface area contributed by atoms with E-state index in [4.69, 9.17) is 0 Å². The largest absolute Gasteiger partial charge is 0.336 e. The number of nitrogens with one attached hydrogen (secondary N) is 1. The molecule has 3 rings (SSSR count). The standard InChI is InChI=1S/C21H24N2O2/c1-15-6-5-8-18(14-15)20(24)22-19-11-9-17(10-12-19)21(25)23-13-4-3-7-16(23)2/h5-6,8-12,14,16H,3-4,7,13H2,1-2H3,(H,22,24)/t16-/m1/s1. The third kappa shape index (κ3) is 4.08. The summed E-state index contributed by atoms with van der Waals surface area (Å²) in [5, 5.41) is 2.88. The Kier molecular flexibility index (Phi) is 5.17. The van der Waals surface area contributed by atoms with Gasteiger partial charge in [-0.15, -0.1) is 0 Å². The van der Waals surface area contributed by atoms with Crippen LogP contribution in [0.2, 0.25) is 0 Å². The fourth-order valence-corrected chi connectivity index (χ4v) is 3.25. The topological polar surface area (TPSA) is 49.4 Å². The maximum atomic E-state index is 12.6. The molecule has 2 aromatic carbocycles. The summed E-state index contributed by atoms with van der Waals surface area (Å²) in [5.41, 5.74) is 3.03. The molecule has 0 spiro atoms. The number of carbonyl (C=O) groups excluding carboxylic acids is 2. The molecular weight excluding hydrogens is 312 g/mol. The Morgan fingerprint density at radius 1 is 1.04 bits per heavy atom. The molecule has 0 aliphatic carbocycles. The van der Waals surface area contributed by atoms with Gasteiger partial charge < -0.3 is 10.2 Å². The van der Waals surface area contributed by atoms with Crippen molar-refractivity contribution in [3.05, 3.63) is 65.2 Å². The molecule has 1 aliphatic heterocycles. The SMILES string of the molecule is Cc1cccc(C(=O)Nc2ccc(C(=O)N3CCCC[C@H]3C)cc2)c1. The monoisotopic (exact) mass is 336 g/mol. The Labute approximate surface area is 148 Å². The second-order valence-electron chi connectivity index (χ2n) is 6.74. The number of anilines is 1. The third-order valence-electron chi connectivity index (χ3n) is 4.73. The minimum atomic E-state index is -0.146. The van der Waals surface area contributed by atoms with Crippen molar-refractivity contribution in [3.63, 3.8) is 0 Å². The van der Waals surface area contributed by atoms with Gasteiger partial charge in [0, 0.05) is 29.4 Å². The van der Waals surface area contributed by atoms with Gasteiger partial charge in [-0.3, -0.25) is 9.59 Å². The number of nitrogens with zero attached hydrogens (tertiary/aromatic N) is 1. The van der Waals surface area contributed by atoms with Gasteiger partial charge in [-0.1, -0.05) is 17.7 Å². The highest BCUT2D eigenvalue weighted by Crippen LogP contribution is 2.20. The molecule has 0 bridgehead atoms. The first kappa shape index (κ1) is 17.2. The molecule has 130 valence electrons. The van der Waals surface area contributed by atoms with Crippen LogP contribution in [0.4, 0.5) is 5.69 Å². The van der Waals surface area contributed by atoms with Crippen molar-refractivity contribution in [3.8, 4) is 0 Å². The van der Waals surface area contributed by atoms with E-state index < -0.39 is 0 Å². The van der Waals surface area contributed by atoms with E-state index in [0.29, 0.717) is 22.9 Å². The summed E-state index contributed by atoms with van der Waals surface area (Å²) in [7, 11) is 0. The summed E-state index contributed by atoms with van der Waals surface area (Å²) in [6, 6.07) is 14.9. The van der Waals surface area contributed by atoms with E-state index >= 15 is 0 Å². The number of benzene rings is 2. The quantitative estimate of drug-likeness (QED) is 0.910. The highest BCUT2D eigenvalue weighted by molar-refractivity contribution is 6.04. The van der Waals surface area contributed by atoms with E-state index in [2.05, 4.69) is 12.2 Å². The molecule has 1 heterocycles. The first-order valence-electron chi connectivity index (χ1n) is 8.83. The van der Waals surface area contributed by atoms with E-state index in [0.717, 1.165) is 24.9 Å². The van der Waals surface area contributed by atoms with Crippen LogP contribution in [0.5, 0.6) is 0 Å². The summed E-state index contributed by atoms with van der Waals surface area (Å²) < 4.78 is 0. The minimum absolute atomic E-state index is 0.0729. The van der Waals surface area contributed by atoms with E-state index in [9.17, 15) is 9.59 Å². The summed E-state index contributed by atoms with van der Waals surface area (Å²) in [6.45, 7) is 4.89. The molecule has 1 saturated heterocycles. The molecule has 25 heavy (non-hydrogen) atoms. The van der Waals surface area contributed by atoms with E-state index in [1.807, 2.05) is 30.0 Å². The number of rotatable bonds is 3. The Balaban J connectivity index is 1.67. The lowest BCUT2D eigenvalue weighted by Crippen LogP contribution is -2.42. The highest BCUT2D eigenvalue weighted by Gasteiger charge is 2.24. The van der Waals surface area contributed by atoms with Crippen LogP contribution in [-0.2, 0) is 0 Å². The molecule has 1 atom stereocenters. The van der Waals surface area contributed by atoms with Crippen molar-refractivity contribution in [2.24, 2.45) is 0 Å². The summed E-state index contributed by atoms with van der Waals surface area (Å²) in [4.78, 5) is 26.9. The highest BCUT2D eigenvalue weighted by atomic mass is 16.2. The molecule has 1 N–H and O–H groups in total. The van der Waals surface area contributed by atoms with E-state index in [-0.39, 0.29) is 11.8 Å². The number of carbonyl (C=O) groups is 2. The molecule has 0 radical (unpaired) electrons. The van der Waals surface area contributed by atoms with Crippen LogP contribution in [0.15, 0.2) is 48.5 Å². The Morgan fingerprint density at radius 3 is 2.48 bits per heavy atom. The van der Waals surface area contributed by atoms with Crippen LogP contribution in [0.3, 0.4) is 0 Å². The predicted octanol–water partition coefficient (Wildman–Crippen LogP) is 4.26. The number of piperidine rings is 1. The molecule has 0 unspecified atom stereocenters. The van der Waals surface area contributed by atoms with Crippen LogP contribution >= 0.6 is 0 Å². The summed E-state index contributed by atoms with van der Waals surface area (Å²) >= 11 is 0. The molecule has 4 heteroatoms. The van der Waals surface area contributed by atoms with Gasteiger partial charge in [0.2, 0.25) is 0 Å². The predicted molar refractivity (Wildman–Crippen MR) is 99.9 cm³/mol. The number of amides is 2. The molecule has 1 aliphatic rings. The van der Waals surface area contributed by atoms with Crippen molar-refractivity contribution in [1.29, 1.82) is 0 Å². The normalized spacial score (nSPS) is 17.2. The van der Waals surface area contributed by atoms with Crippen molar-refractivity contribution in [2.75, 3.05) is 11.9 Å². The average molecular weight is 336 g/mol. The molecule has 1 fully saturated rings. The van der Waals surface area contributed by atoms with Crippen LogP contribution in [0.25, 0.3) is 0 Å². The summed E-state index contributed by atoms with van der Waals surface area (Å²) in [6.07, 6.45) is 3.33. The lowest BCUT2D eigenvalue weighted by molar-refractivity contribution is 0.0635. The lowest BCUT2D eigenvalue weighted by Gasteiger charge is -2.33. The van der Waals surface area contributed by atoms with Gasteiger partial charge >= 0.3 is 0 Å². The molecular formula is C21H24N2O2. The van der Waals surface area contributed by atoms with Crippen LogP contribution in [0.1, 0.15) is 52.5 Å².